The molecular weight excluding hydrogens is 317 g/mol. The van der Waals surface area contributed by atoms with Crippen LogP contribution in [0.1, 0.15) is 18.4 Å². The van der Waals surface area contributed by atoms with Gasteiger partial charge in [-0.05, 0) is 43.0 Å². The second-order valence-electron chi connectivity index (χ2n) is 5.61. The normalized spacial score (nSPS) is 17.8. The molecule has 1 N–H and O–H groups in total. The molecule has 0 bridgehead atoms. The Bertz CT molecular complexity index is 606. The molecule has 2 rings (SSSR count). The van der Waals surface area contributed by atoms with E-state index in [2.05, 4.69) is 5.32 Å². The maximum Gasteiger partial charge on any atom is 0.211 e. The fourth-order valence-electron chi connectivity index (χ4n) is 2.58. The number of hydrogen-bond acceptors (Lipinski definition) is 3. The fraction of sp³-hybridized carbons (Fsp3) is 0.571. The van der Waals surface area contributed by atoms with E-state index >= 15 is 0 Å². The van der Waals surface area contributed by atoms with E-state index in [1.54, 1.807) is 0 Å². The van der Waals surface area contributed by atoms with Crippen molar-refractivity contribution in [1.29, 1.82) is 0 Å². The quantitative estimate of drug-likeness (QED) is 0.835. The largest absolute Gasteiger partial charge is 0.312 e. The molecule has 0 aliphatic carbocycles. The Kier molecular flexibility index (Phi) is 5.46. The minimum atomic E-state index is -3.13. The van der Waals surface area contributed by atoms with Crippen LogP contribution in [0.4, 0.5) is 13.2 Å². The minimum absolute atomic E-state index is 0.237. The van der Waals surface area contributed by atoms with E-state index in [1.807, 2.05) is 0 Å². The van der Waals surface area contributed by atoms with E-state index in [0.717, 1.165) is 25.0 Å². The van der Waals surface area contributed by atoms with Gasteiger partial charge in [0.25, 0.3) is 0 Å². The van der Waals surface area contributed by atoms with Crippen molar-refractivity contribution < 1.29 is 21.6 Å². The molecule has 8 heteroatoms. The van der Waals surface area contributed by atoms with E-state index in [9.17, 15) is 21.6 Å². The molecule has 0 spiro atoms. The van der Waals surface area contributed by atoms with E-state index in [4.69, 9.17) is 0 Å². The van der Waals surface area contributed by atoms with Gasteiger partial charge in [-0.2, -0.15) is 0 Å². The summed E-state index contributed by atoms with van der Waals surface area (Å²) in [5.41, 5.74) is 0.338. The molecule has 1 aliphatic heterocycles. The molecule has 1 aliphatic rings. The number of rotatable bonds is 5. The van der Waals surface area contributed by atoms with Crippen molar-refractivity contribution in [3.8, 4) is 0 Å². The highest BCUT2D eigenvalue weighted by Crippen LogP contribution is 2.19. The number of nitrogens with zero attached hydrogens (tertiary/aromatic N) is 1. The fourth-order valence-corrected chi connectivity index (χ4v) is 3.45. The summed E-state index contributed by atoms with van der Waals surface area (Å²) in [6.45, 7) is 1.84. The highest BCUT2D eigenvalue weighted by molar-refractivity contribution is 7.88. The molecule has 0 unspecified atom stereocenters. The topological polar surface area (TPSA) is 49.4 Å². The summed E-state index contributed by atoms with van der Waals surface area (Å²) in [4.78, 5) is 0. The smallest absolute Gasteiger partial charge is 0.211 e. The molecule has 0 atom stereocenters. The maximum atomic E-state index is 13.1. The summed E-state index contributed by atoms with van der Waals surface area (Å²) in [6, 6.07) is 1.94. The van der Waals surface area contributed by atoms with Crippen molar-refractivity contribution in [1.82, 2.24) is 9.62 Å². The monoisotopic (exact) mass is 336 g/mol. The second kappa shape index (κ2) is 6.97. The van der Waals surface area contributed by atoms with Gasteiger partial charge in [0.1, 0.15) is 0 Å². The van der Waals surface area contributed by atoms with Crippen LogP contribution in [-0.2, 0) is 16.6 Å². The Balaban J connectivity index is 1.78. The van der Waals surface area contributed by atoms with Gasteiger partial charge in [-0.3, -0.25) is 0 Å². The molecule has 1 aromatic rings. The summed E-state index contributed by atoms with van der Waals surface area (Å²) in [7, 11) is -3.13. The number of sulfonamides is 1. The van der Waals surface area contributed by atoms with Gasteiger partial charge >= 0.3 is 0 Å². The van der Waals surface area contributed by atoms with Gasteiger partial charge in [0.2, 0.25) is 10.0 Å². The standard InChI is InChI=1S/C14H19F3N2O2S/c1-22(20,21)19-4-2-10(3-5-19)8-18-9-11-6-12(15)14(17)13(16)7-11/h6-7,10,18H,2-5,8-9H2,1H3. The lowest BCUT2D eigenvalue weighted by molar-refractivity contribution is 0.268. The molecule has 1 aromatic carbocycles. The van der Waals surface area contributed by atoms with Crippen molar-refractivity contribution in [3.63, 3.8) is 0 Å². The van der Waals surface area contributed by atoms with Crippen LogP contribution in [0.2, 0.25) is 0 Å². The number of nitrogens with one attached hydrogen (secondary N) is 1. The van der Waals surface area contributed by atoms with Crippen LogP contribution in [-0.4, -0.2) is 38.6 Å². The van der Waals surface area contributed by atoms with E-state index < -0.39 is 27.5 Å². The van der Waals surface area contributed by atoms with Gasteiger partial charge < -0.3 is 5.32 Å². The predicted molar refractivity (Wildman–Crippen MR) is 77.2 cm³/mol. The molecule has 124 valence electrons. The maximum absolute atomic E-state index is 13.1. The van der Waals surface area contributed by atoms with Gasteiger partial charge in [0.15, 0.2) is 17.5 Å². The van der Waals surface area contributed by atoms with Crippen LogP contribution < -0.4 is 5.32 Å². The highest BCUT2D eigenvalue weighted by atomic mass is 32.2. The molecular formula is C14H19F3N2O2S. The zero-order chi connectivity index (χ0) is 16.3. The molecule has 1 saturated heterocycles. The molecule has 1 heterocycles. The van der Waals surface area contributed by atoms with Crippen molar-refractivity contribution in [2.45, 2.75) is 19.4 Å². The number of benzene rings is 1. The number of halogens is 3. The van der Waals surface area contributed by atoms with Gasteiger partial charge in [-0.25, -0.2) is 25.9 Å². The molecule has 0 amide bonds. The average Bonchev–Trinajstić information content (AvgIpc) is 2.44. The van der Waals surface area contributed by atoms with Crippen molar-refractivity contribution in [2.75, 3.05) is 25.9 Å². The first kappa shape index (κ1) is 17.2. The molecule has 0 radical (unpaired) electrons. The first-order valence-electron chi connectivity index (χ1n) is 7.06. The Morgan fingerprint density at radius 1 is 1.18 bits per heavy atom. The first-order chi connectivity index (χ1) is 10.3. The number of hydrogen-bond donors (Lipinski definition) is 1. The highest BCUT2D eigenvalue weighted by Gasteiger charge is 2.24. The van der Waals surface area contributed by atoms with E-state index in [1.165, 1.54) is 10.6 Å². The summed E-state index contributed by atoms with van der Waals surface area (Å²) in [5, 5.41) is 3.08. The molecule has 4 nitrogen and oxygen atoms in total. The van der Waals surface area contributed by atoms with Crippen LogP contribution in [0.5, 0.6) is 0 Å². The SMILES string of the molecule is CS(=O)(=O)N1CCC(CNCc2cc(F)c(F)c(F)c2)CC1. The van der Waals surface area contributed by atoms with Gasteiger partial charge in [-0.15, -0.1) is 0 Å². The molecule has 22 heavy (non-hydrogen) atoms. The predicted octanol–water partition coefficient (Wildman–Crippen LogP) is 1.87. The van der Waals surface area contributed by atoms with Crippen molar-refractivity contribution in [2.24, 2.45) is 5.92 Å². The van der Waals surface area contributed by atoms with Crippen LogP contribution in [0.25, 0.3) is 0 Å². The third-order valence-electron chi connectivity index (χ3n) is 3.85. The van der Waals surface area contributed by atoms with Crippen molar-refractivity contribution >= 4 is 10.0 Å². The zero-order valence-electron chi connectivity index (χ0n) is 12.3. The second-order valence-corrected chi connectivity index (χ2v) is 7.59. The zero-order valence-corrected chi connectivity index (χ0v) is 13.1. The third kappa shape index (κ3) is 4.44. The van der Waals surface area contributed by atoms with E-state index in [-0.39, 0.29) is 6.54 Å². The van der Waals surface area contributed by atoms with Crippen LogP contribution in [0.3, 0.4) is 0 Å². The number of piperidine rings is 1. The lowest BCUT2D eigenvalue weighted by Crippen LogP contribution is -2.40. The average molecular weight is 336 g/mol. The van der Waals surface area contributed by atoms with E-state index in [0.29, 0.717) is 31.1 Å². The van der Waals surface area contributed by atoms with Crippen LogP contribution >= 0.6 is 0 Å². The molecule has 1 fully saturated rings. The van der Waals surface area contributed by atoms with Gasteiger partial charge in [0, 0.05) is 19.6 Å². The molecule has 0 aromatic heterocycles. The van der Waals surface area contributed by atoms with Gasteiger partial charge in [0.05, 0.1) is 6.26 Å². The third-order valence-corrected chi connectivity index (χ3v) is 5.15. The Morgan fingerprint density at radius 2 is 1.73 bits per heavy atom. The lowest BCUT2D eigenvalue weighted by atomic mass is 9.98. The lowest BCUT2D eigenvalue weighted by Gasteiger charge is -2.30. The summed E-state index contributed by atoms with van der Waals surface area (Å²) < 4.78 is 63.2. The van der Waals surface area contributed by atoms with Gasteiger partial charge in [-0.1, -0.05) is 0 Å². The van der Waals surface area contributed by atoms with Crippen molar-refractivity contribution in [3.05, 3.63) is 35.1 Å². The van der Waals surface area contributed by atoms with Crippen LogP contribution in [0.15, 0.2) is 12.1 Å². The minimum Gasteiger partial charge on any atom is -0.312 e. The summed E-state index contributed by atoms with van der Waals surface area (Å²) in [5.74, 6) is -3.54. The van der Waals surface area contributed by atoms with Crippen LogP contribution in [0, 0.1) is 23.4 Å². The first-order valence-corrected chi connectivity index (χ1v) is 8.91. The molecule has 0 saturated carbocycles. The summed E-state index contributed by atoms with van der Waals surface area (Å²) >= 11 is 0. The summed E-state index contributed by atoms with van der Waals surface area (Å²) in [6.07, 6.45) is 2.68. The Hall–Kier alpha value is -1.12. The Morgan fingerprint density at radius 3 is 2.23 bits per heavy atom. The Labute approximate surface area is 128 Å².